The van der Waals surface area contributed by atoms with Gasteiger partial charge in [0.2, 0.25) is 5.91 Å². The maximum Gasteiger partial charge on any atom is 0.248 e. The number of oxime groups is 1. The molecule has 0 unspecified atom stereocenters. The fraction of sp³-hybridized carbons (Fsp3) is 0.778. The van der Waals surface area contributed by atoms with Crippen LogP contribution in [0.25, 0.3) is 0 Å². The highest BCUT2D eigenvalue weighted by Gasteiger charge is 2.45. The summed E-state index contributed by atoms with van der Waals surface area (Å²) >= 11 is 0. The molecule has 1 amide bonds. The number of nitrogens with zero attached hydrogens (tertiary/aromatic N) is 2. The zero-order valence-electron chi connectivity index (χ0n) is 9.16. The first-order valence-corrected chi connectivity index (χ1v) is 4.99. The van der Waals surface area contributed by atoms with Crippen LogP contribution in [0.2, 0.25) is 0 Å². The molecule has 0 aromatic rings. The smallest absolute Gasteiger partial charge is 0.248 e. The minimum atomic E-state index is -0.820. The van der Waals surface area contributed by atoms with E-state index in [0.29, 0.717) is 12.8 Å². The summed E-state index contributed by atoms with van der Waals surface area (Å²) < 4.78 is 0. The van der Waals surface area contributed by atoms with Crippen molar-refractivity contribution < 1.29 is 10.0 Å². The van der Waals surface area contributed by atoms with E-state index in [1.165, 1.54) is 0 Å². The summed E-state index contributed by atoms with van der Waals surface area (Å²) in [6, 6.07) is 0. The first kappa shape index (κ1) is 11.8. The summed E-state index contributed by atoms with van der Waals surface area (Å²) in [6.07, 6.45) is 3.14. The summed E-state index contributed by atoms with van der Waals surface area (Å²) in [6.45, 7) is 0. The second-order valence-electron chi connectivity index (χ2n) is 4.11. The molecule has 0 spiro atoms. The van der Waals surface area contributed by atoms with Crippen LogP contribution in [0.5, 0.6) is 0 Å². The van der Waals surface area contributed by atoms with Gasteiger partial charge in [0.15, 0.2) is 5.84 Å². The number of carbonyl (C=O) groups excluding carboxylic acids is 1. The molecule has 0 aromatic carbocycles. The van der Waals surface area contributed by atoms with Gasteiger partial charge in [0.05, 0.1) is 0 Å². The van der Waals surface area contributed by atoms with Crippen LogP contribution in [0.1, 0.15) is 25.7 Å². The van der Waals surface area contributed by atoms with E-state index in [0.717, 1.165) is 12.8 Å². The minimum absolute atomic E-state index is 0.0133. The molecular formula is C9H18N4O2. The van der Waals surface area contributed by atoms with Crippen molar-refractivity contribution >= 4 is 11.7 Å². The summed E-state index contributed by atoms with van der Waals surface area (Å²) in [5.74, 6) is -0.181. The molecule has 6 heteroatoms. The lowest BCUT2D eigenvalue weighted by Gasteiger charge is -2.27. The predicted octanol–water partition coefficient (Wildman–Crippen LogP) is -0.114. The van der Waals surface area contributed by atoms with Gasteiger partial charge in [0.25, 0.3) is 0 Å². The first-order chi connectivity index (χ1) is 7.03. The van der Waals surface area contributed by atoms with E-state index in [-0.39, 0.29) is 11.7 Å². The van der Waals surface area contributed by atoms with Gasteiger partial charge in [-0.3, -0.25) is 10.2 Å². The highest BCUT2D eigenvalue weighted by atomic mass is 16.4. The topological polar surface area (TPSA) is 91.0 Å². The average molecular weight is 214 g/mol. The van der Waals surface area contributed by atoms with Gasteiger partial charge in [-0.05, 0) is 12.8 Å². The molecule has 1 aliphatic carbocycles. The molecule has 0 heterocycles. The summed E-state index contributed by atoms with van der Waals surface area (Å²) in [5, 5.41) is 13.3. The molecule has 1 fully saturated rings. The van der Waals surface area contributed by atoms with Crippen LogP contribution in [0.4, 0.5) is 0 Å². The van der Waals surface area contributed by atoms with E-state index in [4.69, 9.17) is 10.9 Å². The van der Waals surface area contributed by atoms with Crippen LogP contribution in [-0.2, 0) is 4.79 Å². The second-order valence-corrected chi connectivity index (χ2v) is 4.11. The number of hydrogen-bond acceptors (Lipinski definition) is 4. The molecule has 0 aliphatic heterocycles. The Bertz CT molecular complexity index is 269. The van der Waals surface area contributed by atoms with E-state index in [9.17, 15) is 4.79 Å². The van der Waals surface area contributed by atoms with Crippen molar-refractivity contribution in [1.82, 2.24) is 10.4 Å². The summed E-state index contributed by atoms with van der Waals surface area (Å²) in [7, 11) is 3.46. The van der Waals surface area contributed by atoms with Gasteiger partial charge in [0, 0.05) is 14.1 Å². The molecule has 0 atom stereocenters. The van der Waals surface area contributed by atoms with Gasteiger partial charge in [-0.15, -0.1) is 0 Å². The third kappa shape index (κ3) is 2.20. The third-order valence-electron chi connectivity index (χ3n) is 2.81. The quantitative estimate of drug-likeness (QED) is 0.264. The molecule has 86 valence electrons. The number of rotatable bonds is 3. The van der Waals surface area contributed by atoms with Crippen molar-refractivity contribution in [2.24, 2.45) is 16.3 Å². The fourth-order valence-electron chi connectivity index (χ4n) is 1.98. The molecule has 0 saturated heterocycles. The van der Waals surface area contributed by atoms with Crippen LogP contribution < -0.4 is 11.2 Å². The predicted molar refractivity (Wildman–Crippen MR) is 56.1 cm³/mol. The average Bonchev–Trinajstić information content (AvgIpc) is 2.65. The maximum atomic E-state index is 12.0. The van der Waals surface area contributed by atoms with Gasteiger partial charge in [-0.2, -0.15) is 0 Å². The molecular weight excluding hydrogens is 196 g/mol. The number of hydrogen-bond donors (Lipinski definition) is 3. The Labute approximate surface area is 89.1 Å². The van der Waals surface area contributed by atoms with E-state index in [1.54, 1.807) is 19.1 Å². The highest BCUT2D eigenvalue weighted by Crippen LogP contribution is 2.38. The largest absolute Gasteiger partial charge is 0.409 e. The molecule has 0 radical (unpaired) electrons. The number of hydrazine groups is 1. The van der Waals surface area contributed by atoms with E-state index < -0.39 is 5.41 Å². The van der Waals surface area contributed by atoms with Crippen LogP contribution in [0, 0.1) is 5.41 Å². The van der Waals surface area contributed by atoms with Gasteiger partial charge in [0.1, 0.15) is 5.41 Å². The first-order valence-electron chi connectivity index (χ1n) is 4.99. The number of nitrogens with one attached hydrogen (secondary N) is 1. The van der Waals surface area contributed by atoms with Crippen LogP contribution in [0.15, 0.2) is 5.16 Å². The Hall–Kier alpha value is -1.30. The Balaban J connectivity index is 2.86. The van der Waals surface area contributed by atoms with Crippen LogP contribution >= 0.6 is 0 Å². The van der Waals surface area contributed by atoms with E-state index >= 15 is 0 Å². The number of amidine groups is 1. The third-order valence-corrected chi connectivity index (χ3v) is 2.81. The van der Waals surface area contributed by atoms with Crippen LogP contribution in [0.3, 0.4) is 0 Å². The van der Waals surface area contributed by atoms with Crippen molar-refractivity contribution in [3.8, 4) is 0 Å². The maximum absolute atomic E-state index is 12.0. The van der Waals surface area contributed by atoms with E-state index in [2.05, 4.69) is 10.6 Å². The zero-order valence-corrected chi connectivity index (χ0v) is 9.16. The SMILES string of the molecule is CN(C)NC(=O)C1(C(N)=NO)CCCC1. The fourth-order valence-corrected chi connectivity index (χ4v) is 1.98. The van der Waals surface area contributed by atoms with Gasteiger partial charge >= 0.3 is 0 Å². The molecule has 15 heavy (non-hydrogen) atoms. The molecule has 4 N–H and O–H groups in total. The Morgan fingerprint density at radius 1 is 1.47 bits per heavy atom. The molecule has 0 bridgehead atoms. The van der Waals surface area contributed by atoms with Crippen molar-refractivity contribution in [3.05, 3.63) is 0 Å². The Morgan fingerprint density at radius 3 is 2.40 bits per heavy atom. The standard InChI is InChI=1S/C9H18N4O2/c1-13(2)11-8(14)9(7(10)12-15)5-3-4-6-9/h15H,3-6H2,1-2H3,(H2,10,12)(H,11,14). The normalized spacial score (nSPS) is 20.6. The molecule has 1 aliphatic rings. The molecule has 1 rings (SSSR count). The molecule has 0 aromatic heterocycles. The number of amides is 1. The van der Waals surface area contributed by atoms with E-state index in [1.807, 2.05) is 0 Å². The summed E-state index contributed by atoms with van der Waals surface area (Å²) in [5.41, 5.74) is 7.45. The Kier molecular flexibility index (Phi) is 3.52. The zero-order chi connectivity index (χ0) is 11.5. The summed E-state index contributed by atoms with van der Waals surface area (Å²) in [4.78, 5) is 12.0. The lowest BCUT2D eigenvalue weighted by Crippen LogP contribution is -2.51. The van der Waals surface area contributed by atoms with Crippen molar-refractivity contribution in [2.45, 2.75) is 25.7 Å². The molecule has 1 saturated carbocycles. The lowest BCUT2D eigenvalue weighted by atomic mass is 9.84. The lowest BCUT2D eigenvalue weighted by molar-refractivity contribution is -0.131. The monoisotopic (exact) mass is 214 g/mol. The van der Waals surface area contributed by atoms with Crippen molar-refractivity contribution in [2.75, 3.05) is 14.1 Å². The Morgan fingerprint density at radius 2 is 2.00 bits per heavy atom. The van der Waals surface area contributed by atoms with Gasteiger partial charge in [-0.1, -0.05) is 18.0 Å². The minimum Gasteiger partial charge on any atom is -0.409 e. The second kappa shape index (κ2) is 4.48. The van der Waals surface area contributed by atoms with Crippen molar-refractivity contribution in [3.63, 3.8) is 0 Å². The number of carbonyl (C=O) groups is 1. The number of nitrogens with two attached hydrogens (primary N) is 1. The molecule has 6 nitrogen and oxygen atoms in total. The van der Waals surface area contributed by atoms with Crippen molar-refractivity contribution in [1.29, 1.82) is 0 Å². The van der Waals surface area contributed by atoms with Gasteiger partial charge < -0.3 is 10.9 Å². The highest BCUT2D eigenvalue weighted by molar-refractivity contribution is 6.06. The van der Waals surface area contributed by atoms with Crippen LogP contribution in [-0.4, -0.2) is 36.1 Å². The van der Waals surface area contributed by atoms with Gasteiger partial charge in [-0.25, -0.2) is 5.01 Å².